The van der Waals surface area contributed by atoms with E-state index in [-0.39, 0.29) is 0 Å². The first kappa shape index (κ1) is 20.0. The summed E-state index contributed by atoms with van der Waals surface area (Å²) in [4.78, 5) is 9.43. The minimum atomic E-state index is 0.496. The highest BCUT2D eigenvalue weighted by molar-refractivity contribution is 6.07. The molecular weight excluding hydrogens is 428 g/mol. The maximum Gasteiger partial charge on any atom is 0.232 e. The van der Waals surface area contributed by atoms with Crippen molar-refractivity contribution in [2.75, 3.05) is 14.2 Å². The minimum Gasteiger partial charge on any atom is -0.497 e. The van der Waals surface area contributed by atoms with Gasteiger partial charge in [0.1, 0.15) is 23.6 Å². The van der Waals surface area contributed by atoms with Gasteiger partial charge in [0, 0.05) is 16.7 Å². The Morgan fingerprint density at radius 3 is 2.03 bits per heavy atom. The summed E-state index contributed by atoms with van der Waals surface area (Å²) in [5, 5.41) is 5.46. The lowest BCUT2D eigenvalue weighted by Crippen LogP contribution is -1.91. The molecule has 0 radical (unpaired) electrons. The van der Waals surface area contributed by atoms with Gasteiger partial charge in [-0.2, -0.15) is 0 Å². The Morgan fingerprint density at radius 1 is 0.735 bits per heavy atom. The fraction of sp³-hybridized carbons (Fsp3) is 0.0741. The molecule has 7 nitrogen and oxygen atoms in total. The molecule has 3 heterocycles. The summed E-state index contributed by atoms with van der Waals surface area (Å²) in [6.07, 6.45) is 1.64. The third kappa shape index (κ3) is 3.26. The van der Waals surface area contributed by atoms with Crippen molar-refractivity contribution < 1.29 is 13.9 Å². The van der Waals surface area contributed by atoms with Gasteiger partial charge in [-0.15, -0.1) is 5.10 Å². The van der Waals surface area contributed by atoms with E-state index < -0.39 is 0 Å². The van der Waals surface area contributed by atoms with Crippen LogP contribution in [-0.4, -0.2) is 33.8 Å². The molecule has 0 saturated heterocycles. The van der Waals surface area contributed by atoms with E-state index in [0.717, 1.165) is 39.1 Å². The zero-order valence-electron chi connectivity index (χ0n) is 18.6. The molecule has 166 valence electrons. The van der Waals surface area contributed by atoms with Crippen LogP contribution in [0.4, 0.5) is 0 Å². The molecule has 0 N–H and O–H groups in total. The molecule has 0 aliphatic rings. The molecule has 0 saturated carbocycles. The number of aromatic nitrogens is 4. The van der Waals surface area contributed by atoms with Crippen molar-refractivity contribution in [3.05, 3.63) is 85.2 Å². The first-order valence-electron chi connectivity index (χ1n) is 10.8. The largest absolute Gasteiger partial charge is 0.497 e. The molecule has 0 aliphatic carbocycles. The van der Waals surface area contributed by atoms with Crippen LogP contribution >= 0.6 is 0 Å². The second kappa shape index (κ2) is 8.04. The van der Waals surface area contributed by atoms with Crippen molar-refractivity contribution in [3.63, 3.8) is 0 Å². The molecule has 0 atom stereocenters. The van der Waals surface area contributed by atoms with Crippen molar-refractivity contribution in [1.29, 1.82) is 0 Å². The zero-order chi connectivity index (χ0) is 23.1. The predicted molar refractivity (Wildman–Crippen MR) is 130 cm³/mol. The van der Waals surface area contributed by atoms with E-state index >= 15 is 0 Å². The van der Waals surface area contributed by atoms with Crippen molar-refractivity contribution in [3.8, 4) is 45.3 Å². The molecule has 0 spiro atoms. The van der Waals surface area contributed by atoms with Gasteiger partial charge in [0.2, 0.25) is 5.71 Å². The number of hydrogen-bond acceptors (Lipinski definition) is 6. The SMILES string of the molecule is COc1ccc(-c2oc3ncn4nc(-c5ccccc5)nc4c3c2-c2ccc(OC)cc2)cc1. The molecule has 34 heavy (non-hydrogen) atoms. The molecular formula is C27H20N4O3. The fourth-order valence-electron chi connectivity index (χ4n) is 4.09. The molecule has 0 fully saturated rings. The van der Waals surface area contributed by atoms with Crippen LogP contribution in [-0.2, 0) is 0 Å². The molecule has 6 rings (SSSR count). The summed E-state index contributed by atoms with van der Waals surface area (Å²) in [5.41, 5.74) is 4.88. The lowest BCUT2D eigenvalue weighted by molar-refractivity contribution is 0.414. The van der Waals surface area contributed by atoms with Gasteiger partial charge in [0.15, 0.2) is 11.5 Å². The number of nitrogens with zero attached hydrogens (tertiary/aromatic N) is 4. The Balaban J connectivity index is 1.64. The highest BCUT2D eigenvalue weighted by Gasteiger charge is 2.23. The monoisotopic (exact) mass is 448 g/mol. The second-order valence-electron chi connectivity index (χ2n) is 7.76. The maximum atomic E-state index is 6.33. The Bertz CT molecular complexity index is 1600. The lowest BCUT2D eigenvalue weighted by Gasteiger charge is -2.06. The molecule has 0 bridgehead atoms. The van der Waals surface area contributed by atoms with Gasteiger partial charge in [0.25, 0.3) is 0 Å². The number of hydrogen-bond donors (Lipinski definition) is 0. The first-order chi connectivity index (χ1) is 16.7. The standard InChI is InChI=1S/C27H20N4O3/c1-32-20-12-8-17(9-13-20)22-23-26-29-25(19-6-4-3-5-7-19)30-31(26)16-28-27(23)34-24(22)18-10-14-21(33-2)15-11-18/h3-16H,1-2H3. The van der Waals surface area contributed by atoms with E-state index in [0.29, 0.717) is 22.9 Å². The van der Waals surface area contributed by atoms with E-state index in [1.54, 1.807) is 25.1 Å². The van der Waals surface area contributed by atoms with Gasteiger partial charge < -0.3 is 13.9 Å². The molecule has 3 aromatic heterocycles. The third-order valence-corrected chi connectivity index (χ3v) is 5.79. The van der Waals surface area contributed by atoms with Crippen molar-refractivity contribution in [2.45, 2.75) is 0 Å². The number of methoxy groups -OCH3 is 2. The van der Waals surface area contributed by atoms with Gasteiger partial charge >= 0.3 is 0 Å². The molecule has 0 aliphatic heterocycles. The van der Waals surface area contributed by atoms with Crippen LogP contribution in [0, 0.1) is 0 Å². The summed E-state index contributed by atoms with van der Waals surface area (Å²) in [6, 6.07) is 25.5. The smallest absolute Gasteiger partial charge is 0.232 e. The minimum absolute atomic E-state index is 0.496. The normalized spacial score (nSPS) is 11.2. The third-order valence-electron chi connectivity index (χ3n) is 5.79. The lowest BCUT2D eigenvalue weighted by atomic mass is 9.99. The van der Waals surface area contributed by atoms with E-state index in [1.165, 1.54) is 0 Å². The van der Waals surface area contributed by atoms with Crippen LogP contribution in [0.15, 0.2) is 89.6 Å². The van der Waals surface area contributed by atoms with Gasteiger partial charge in [-0.1, -0.05) is 42.5 Å². The highest BCUT2D eigenvalue weighted by Crippen LogP contribution is 2.42. The summed E-state index contributed by atoms with van der Waals surface area (Å²) in [5.74, 6) is 2.88. The van der Waals surface area contributed by atoms with E-state index in [1.807, 2.05) is 78.9 Å². The summed E-state index contributed by atoms with van der Waals surface area (Å²) in [6.45, 7) is 0. The summed E-state index contributed by atoms with van der Waals surface area (Å²) < 4.78 is 18.7. The van der Waals surface area contributed by atoms with Crippen LogP contribution in [0.25, 0.3) is 50.6 Å². The molecule has 3 aromatic carbocycles. The molecule has 0 amide bonds. The molecule has 6 aromatic rings. The van der Waals surface area contributed by atoms with Crippen LogP contribution < -0.4 is 9.47 Å². The fourth-order valence-corrected chi connectivity index (χ4v) is 4.09. The van der Waals surface area contributed by atoms with Crippen LogP contribution in [0.1, 0.15) is 0 Å². The summed E-state index contributed by atoms with van der Waals surface area (Å²) >= 11 is 0. The van der Waals surface area contributed by atoms with E-state index in [2.05, 4.69) is 10.1 Å². The van der Waals surface area contributed by atoms with Crippen molar-refractivity contribution >= 4 is 16.7 Å². The van der Waals surface area contributed by atoms with Crippen LogP contribution in [0.5, 0.6) is 11.5 Å². The number of rotatable bonds is 5. The van der Waals surface area contributed by atoms with Gasteiger partial charge in [-0.25, -0.2) is 14.5 Å². The summed E-state index contributed by atoms with van der Waals surface area (Å²) in [7, 11) is 3.30. The topological polar surface area (TPSA) is 74.7 Å². The van der Waals surface area contributed by atoms with Gasteiger partial charge in [-0.05, 0) is 42.0 Å². The van der Waals surface area contributed by atoms with Crippen molar-refractivity contribution in [1.82, 2.24) is 19.6 Å². The van der Waals surface area contributed by atoms with Crippen LogP contribution in [0.2, 0.25) is 0 Å². The first-order valence-corrected chi connectivity index (χ1v) is 10.8. The highest BCUT2D eigenvalue weighted by atomic mass is 16.5. The average molecular weight is 448 g/mol. The average Bonchev–Trinajstić information content (AvgIpc) is 3.51. The second-order valence-corrected chi connectivity index (χ2v) is 7.76. The Labute approximate surface area is 195 Å². The van der Waals surface area contributed by atoms with Gasteiger partial charge in [0.05, 0.1) is 19.6 Å². The maximum absolute atomic E-state index is 6.33. The quantitative estimate of drug-likeness (QED) is 0.327. The number of benzene rings is 3. The number of fused-ring (bicyclic) bond motifs is 3. The van der Waals surface area contributed by atoms with E-state index in [4.69, 9.17) is 18.9 Å². The van der Waals surface area contributed by atoms with Gasteiger partial charge in [-0.3, -0.25) is 0 Å². The molecule has 0 unspecified atom stereocenters. The van der Waals surface area contributed by atoms with Crippen LogP contribution in [0.3, 0.4) is 0 Å². The zero-order valence-corrected chi connectivity index (χ0v) is 18.6. The number of furan rings is 1. The number of ether oxygens (including phenoxy) is 2. The Hall–Kier alpha value is -4.65. The Morgan fingerprint density at radius 2 is 1.38 bits per heavy atom. The van der Waals surface area contributed by atoms with Crippen molar-refractivity contribution in [2.24, 2.45) is 0 Å². The molecule has 7 heteroatoms. The predicted octanol–water partition coefficient (Wildman–Crippen LogP) is 5.89. The van der Waals surface area contributed by atoms with E-state index in [9.17, 15) is 0 Å². The Kier molecular flexibility index (Phi) is 4.73.